The van der Waals surface area contributed by atoms with E-state index in [1.54, 1.807) is 0 Å². The zero-order valence-corrected chi connectivity index (χ0v) is 13.1. The minimum atomic E-state index is 0.936. The molecule has 0 saturated carbocycles. The second-order valence-corrected chi connectivity index (χ2v) is 5.66. The molecule has 0 fully saturated rings. The van der Waals surface area contributed by atoms with Crippen LogP contribution < -0.4 is 5.32 Å². The van der Waals surface area contributed by atoms with Gasteiger partial charge in [0.1, 0.15) is 0 Å². The molecule has 19 heavy (non-hydrogen) atoms. The van der Waals surface area contributed by atoms with Crippen molar-refractivity contribution in [3.8, 4) is 11.1 Å². The molecule has 1 nitrogen and oxygen atoms in total. The molecule has 0 radical (unpaired) electrons. The van der Waals surface area contributed by atoms with Gasteiger partial charge in [-0.1, -0.05) is 53.2 Å². The van der Waals surface area contributed by atoms with Crippen LogP contribution >= 0.6 is 15.9 Å². The number of halogens is 1. The summed E-state index contributed by atoms with van der Waals surface area (Å²) in [6, 6.07) is 15.1. The van der Waals surface area contributed by atoms with Crippen molar-refractivity contribution in [2.75, 3.05) is 6.54 Å². The molecule has 0 aliphatic heterocycles. The lowest BCUT2D eigenvalue weighted by molar-refractivity contribution is 0.675. The first-order valence-corrected chi connectivity index (χ1v) is 7.57. The minimum absolute atomic E-state index is 0.936. The van der Waals surface area contributed by atoms with Gasteiger partial charge in [-0.25, -0.2) is 0 Å². The van der Waals surface area contributed by atoms with E-state index in [0.717, 1.165) is 17.6 Å². The Labute approximate surface area is 124 Å². The summed E-state index contributed by atoms with van der Waals surface area (Å²) in [5, 5.41) is 3.45. The van der Waals surface area contributed by atoms with Crippen LogP contribution in [0.3, 0.4) is 0 Å². The first-order valence-electron chi connectivity index (χ1n) is 6.77. The highest BCUT2D eigenvalue weighted by atomic mass is 79.9. The van der Waals surface area contributed by atoms with Crippen LogP contribution in [-0.2, 0) is 6.54 Å². The summed E-state index contributed by atoms with van der Waals surface area (Å²) in [4.78, 5) is 0. The molecule has 0 bridgehead atoms. The Kier molecular flexibility index (Phi) is 5.17. The van der Waals surface area contributed by atoms with E-state index in [9.17, 15) is 0 Å². The highest BCUT2D eigenvalue weighted by Gasteiger charge is 2.06. The third kappa shape index (κ3) is 3.68. The van der Waals surface area contributed by atoms with E-state index in [1.165, 1.54) is 28.7 Å². The predicted molar refractivity (Wildman–Crippen MR) is 86.3 cm³/mol. The Bertz CT molecular complexity index is 549. The van der Waals surface area contributed by atoms with Crippen molar-refractivity contribution in [2.24, 2.45) is 0 Å². The van der Waals surface area contributed by atoms with Gasteiger partial charge in [0, 0.05) is 11.0 Å². The molecule has 0 aliphatic rings. The van der Waals surface area contributed by atoms with Crippen molar-refractivity contribution in [3.05, 3.63) is 58.1 Å². The van der Waals surface area contributed by atoms with E-state index in [0.29, 0.717) is 0 Å². The SMILES string of the molecule is CCCNCc1ccc(C)c(-c2ccccc2Br)c1. The first-order chi connectivity index (χ1) is 9.22. The number of aryl methyl sites for hydroxylation is 1. The van der Waals surface area contributed by atoms with Crippen molar-refractivity contribution < 1.29 is 0 Å². The zero-order valence-electron chi connectivity index (χ0n) is 11.5. The van der Waals surface area contributed by atoms with Gasteiger partial charge in [0.25, 0.3) is 0 Å². The maximum absolute atomic E-state index is 3.64. The quantitative estimate of drug-likeness (QED) is 0.771. The lowest BCUT2D eigenvalue weighted by Crippen LogP contribution is -2.13. The Hall–Kier alpha value is -1.12. The van der Waals surface area contributed by atoms with Crippen LogP contribution in [0.4, 0.5) is 0 Å². The molecule has 2 aromatic carbocycles. The topological polar surface area (TPSA) is 12.0 Å². The van der Waals surface area contributed by atoms with Gasteiger partial charge in [0.15, 0.2) is 0 Å². The van der Waals surface area contributed by atoms with Gasteiger partial charge in [-0.3, -0.25) is 0 Å². The number of hydrogen-bond donors (Lipinski definition) is 1. The largest absolute Gasteiger partial charge is 0.313 e. The Morgan fingerprint density at radius 2 is 1.84 bits per heavy atom. The average Bonchev–Trinajstić information content (AvgIpc) is 2.42. The highest BCUT2D eigenvalue weighted by molar-refractivity contribution is 9.10. The molecule has 2 aromatic rings. The zero-order chi connectivity index (χ0) is 13.7. The summed E-state index contributed by atoms with van der Waals surface area (Å²) in [5.74, 6) is 0. The van der Waals surface area contributed by atoms with Crippen LogP contribution in [0, 0.1) is 6.92 Å². The van der Waals surface area contributed by atoms with Gasteiger partial charge >= 0.3 is 0 Å². The van der Waals surface area contributed by atoms with Gasteiger partial charge in [0.05, 0.1) is 0 Å². The number of nitrogens with one attached hydrogen (secondary N) is 1. The molecule has 0 aromatic heterocycles. The van der Waals surface area contributed by atoms with E-state index < -0.39 is 0 Å². The monoisotopic (exact) mass is 317 g/mol. The molecule has 0 spiro atoms. The molecule has 100 valence electrons. The number of benzene rings is 2. The van der Waals surface area contributed by atoms with Gasteiger partial charge in [-0.2, -0.15) is 0 Å². The van der Waals surface area contributed by atoms with E-state index >= 15 is 0 Å². The molecule has 0 amide bonds. The minimum Gasteiger partial charge on any atom is -0.313 e. The molecular weight excluding hydrogens is 298 g/mol. The maximum Gasteiger partial charge on any atom is 0.0253 e. The smallest absolute Gasteiger partial charge is 0.0253 e. The van der Waals surface area contributed by atoms with Crippen molar-refractivity contribution >= 4 is 15.9 Å². The van der Waals surface area contributed by atoms with Crippen molar-refractivity contribution in [1.82, 2.24) is 5.32 Å². The van der Waals surface area contributed by atoms with Crippen molar-refractivity contribution in [3.63, 3.8) is 0 Å². The fourth-order valence-electron chi connectivity index (χ4n) is 2.16. The van der Waals surface area contributed by atoms with Crippen LogP contribution in [0.1, 0.15) is 24.5 Å². The van der Waals surface area contributed by atoms with Crippen molar-refractivity contribution in [2.45, 2.75) is 26.8 Å². The maximum atomic E-state index is 3.64. The molecule has 0 heterocycles. The summed E-state index contributed by atoms with van der Waals surface area (Å²) in [6.45, 7) is 6.36. The average molecular weight is 318 g/mol. The summed E-state index contributed by atoms with van der Waals surface area (Å²) in [5.41, 5.74) is 5.22. The normalized spacial score (nSPS) is 10.7. The van der Waals surface area contributed by atoms with Gasteiger partial charge in [-0.05, 0) is 54.3 Å². The summed E-state index contributed by atoms with van der Waals surface area (Å²) < 4.78 is 1.15. The Balaban J connectivity index is 2.30. The molecule has 0 aliphatic carbocycles. The predicted octanol–water partition coefficient (Wildman–Crippen LogP) is 4.92. The summed E-state index contributed by atoms with van der Waals surface area (Å²) >= 11 is 3.64. The number of rotatable bonds is 5. The number of hydrogen-bond acceptors (Lipinski definition) is 1. The van der Waals surface area contributed by atoms with E-state index in [-0.39, 0.29) is 0 Å². The summed E-state index contributed by atoms with van der Waals surface area (Å²) in [6.07, 6.45) is 1.17. The molecule has 0 unspecified atom stereocenters. The Morgan fingerprint density at radius 1 is 1.05 bits per heavy atom. The van der Waals surface area contributed by atoms with E-state index in [1.807, 2.05) is 0 Å². The summed E-state index contributed by atoms with van der Waals surface area (Å²) in [7, 11) is 0. The molecule has 0 saturated heterocycles. The highest BCUT2D eigenvalue weighted by Crippen LogP contribution is 2.31. The second kappa shape index (κ2) is 6.88. The molecule has 0 atom stereocenters. The second-order valence-electron chi connectivity index (χ2n) is 4.81. The van der Waals surface area contributed by atoms with E-state index in [4.69, 9.17) is 0 Å². The first kappa shape index (κ1) is 14.3. The third-order valence-corrected chi connectivity index (χ3v) is 3.91. The fourth-order valence-corrected chi connectivity index (χ4v) is 2.66. The molecule has 1 N–H and O–H groups in total. The molecule has 2 rings (SSSR count). The van der Waals surface area contributed by atoms with E-state index in [2.05, 4.69) is 77.6 Å². The fraction of sp³-hybridized carbons (Fsp3) is 0.294. The van der Waals surface area contributed by atoms with Crippen LogP contribution in [-0.4, -0.2) is 6.54 Å². The lowest BCUT2D eigenvalue weighted by atomic mass is 9.98. The third-order valence-electron chi connectivity index (χ3n) is 3.22. The van der Waals surface area contributed by atoms with Crippen LogP contribution in [0.25, 0.3) is 11.1 Å². The van der Waals surface area contributed by atoms with Gasteiger partial charge < -0.3 is 5.32 Å². The Morgan fingerprint density at radius 3 is 2.58 bits per heavy atom. The van der Waals surface area contributed by atoms with Gasteiger partial charge in [-0.15, -0.1) is 0 Å². The molecule has 2 heteroatoms. The molecular formula is C17H20BrN. The lowest BCUT2D eigenvalue weighted by Gasteiger charge is -2.11. The standard InChI is InChI=1S/C17H20BrN/c1-3-10-19-12-14-9-8-13(2)16(11-14)15-6-4-5-7-17(15)18/h4-9,11,19H,3,10,12H2,1-2H3. The van der Waals surface area contributed by atoms with Crippen molar-refractivity contribution in [1.29, 1.82) is 0 Å². The van der Waals surface area contributed by atoms with Gasteiger partial charge in [0.2, 0.25) is 0 Å². The van der Waals surface area contributed by atoms with Crippen LogP contribution in [0.5, 0.6) is 0 Å². The van der Waals surface area contributed by atoms with Crippen LogP contribution in [0.15, 0.2) is 46.9 Å². The van der Waals surface area contributed by atoms with Crippen LogP contribution in [0.2, 0.25) is 0 Å².